The SMILES string of the molecule is ON=Cc1ccc(Sc2nnnn2-c2ccccc2)o1. The zero-order valence-corrected chi connectivity index (χ0v) is 10.9. The van der Waals surface area contributed by atoms with E-state index in [4.69, 9.17) is 9.62 Å². The van der Waals surface area contributed by atoms with E-state index in [1.807, 2.05) is 30.3 Å². The van der Waals surface area contributed by atoms with Gasteiger partial charge in [-0.15, -0.1) is 5.10 Å². The fraction of sp³-hybridized carbons (Fsp3) is 0. The second-order valence-corrected chi connectivity index (χ2v) is 4.68. The van der Waals surface area contributed by atoms with Crippen LogP contribution >= 0.6 is 11.8 Å². The van der Waals surface area contributed by atoms with Gasteiger partial charge in [-0.05, 0) is 46.5 Å². The van der Waals surface area contributed by atoms with Crippen LogP contribution in [0.5, 0.6) is 0 Å². The highest BCUT2D eigenvalue weighted by Gasteiger charge is 2.12. The molecular formula is C12H9N5O2S. The molecule has 100 valence electrons. The lowest BCUT2D eigenvalue weighted by atomic mass is 10.3. The predicted octanol–water partition coefficient (Wildman–Crippen LogP) is 2.21. The van der Waals surface area contributed by atoms with Crippen LogP contribution in [0.15, 0.2) is 62.3 Å². The van der Waals surface area contributed by atoms with Crippen molar-refractivity contribution >= 4 is 18.0 Å². The largest absolute Gasteiger partial charge is 0.448 e. The van der Waals surface area contributed by atoms with Crippen molar-refractivity contribution in [1.82, 2.24) is 20.2 Å². The van der Waals surface area contributed by atoms with E-state index in [2.05, 4.69) is 20.7 Å². The quantitative estimate of drug-likeness (QED) is 0.449. The number of para-hydroxylation sites is 1. The van der Waals surface area contributed by atoms with E-state index in [1.165, 1.54) is 18.0 Å². The van der Waals surface area contributed by atoms with Crippen LogP contribution in [0.1, 0.15) is 5.76 Å². The summed E-state index contributed by atoms with van der Waals surface area (Å²) < 4.78 is 7.05. The van der Waals surface area contributed by atoms with Gasteiger partial charge in [0.1, 0.15) is 12.0 Å². The van der Waals surface area contributed by atoms with Crippen molar-refractivity contribution < 1.29 is 9.62 Å². The van der Waals surface area contributed by atoms with Crippen molar-refractivity contribution in [2.45, 2.75) is 10.2 Å². The van der Waals surface area contributed by atoms with Crippen molar-refractivity contribution in [1.29, 1.82) is 0 Å². The first kappa shape index (κ1) is 12.4. The second-order valence-electron chi connectivity index (χ2n) is 3.71. The number of aromatic nitrogens is 4. The van der Waals surface area contributed by atoms with Crippen LogP contribution < -0.4 is 0 Å². The maximum absolute atomic E-state index is 8.44. The third-order valence-electron chi connectivity index (χ3n) is 2.42. The van der Waals surface area contributed by atoms with E-state index < -0.39 is 0 Å². The van der Waals surface area contributed by atoms with Gasteiger partial charge < -0.3 is 9.62 Å². The van der Waals surface area contributed by atoms with Crippen LogP contribution in [0.4, 0.5) is 0 Å². The summed E-state index contributed by atoms with van der Waals surface area (Å²) in [5, 5.41) is 24.1. The van der Waals surface area contributed by atoms with E-state index in [-0.39, 0.29) is 0 Å². The molecule has 0 saturated carbocycles. The first-order valence-corrected chi connectivity index (χ1v) is 6.47. The molecule has 1 aromatic carbocycles. The first-order chi connectivity index (χ1) is 9.86. The zero-order chi connectivity index (χ0) is 13.8. The van der Waals surface area contributed by atoms with Gasteiger partial charge in [-0.2, -0.15) is 4.68 Å². The van der Waals surface area contributed by atoms with Gasteiger partial charge in [-0.3, -0.25) is 0 Å². The number of benzene rings is 1. The molecule has 0 aliphatic rings. The Labute approximate surface area is 117 Å². The van der Waals surface area contributed by atoms with Crippen LogP contribution in [0, 0.1) is 0 Å². The second kappa shape index (κ2) is 5.57. The summed E-state index contributed by atoms with van der Waals surface area (Å²) in [5.74, 6) is 0.453. The van der Waals surface area contributed by atoms with Crippen molar-refractivity contribution in [3.05, 3.63) is 48.2 Å². The summed E-state index contributed by atoms with van der Waals surface area (Å²) in [6.45, 7) is 0. The highest BCUT2D eigenvalue weighted by molar-refractivity contribution is 7.99. The van der Waals surface area contributed by atoms with Crippen molar-refractivity contribution in [2.24, 2.45) is 5.16 Å². The van der Waals surface area contributed by atoms with E-state index in [9.17, 15) is 0 Å². The molecule has 0 atom stereocenters. The first-order valence-electron chi connectivity index (χ1n) is 5.66. The van der Waals surface area contributed by atoms with Gasteiger partial charge in [-0.1, -0.05) is 23.4 Å². The van der Waals surface area contributed by atoms with Gasteiger partial charge in [-0.25, -0.2) is 0 Å². The minimum Gasteiger partial charge on any atom is -0.448 e. The number of hydrogen-bond acceptors (Lipinski definition) is 7. The molecular weight excluding hydrogens is 278 g/mol. The van der Waals surface area contributed by atoms with Crippen LogP contribution in [-0.2, 0) is 0 Å². The number of rotatable bonds is 4. The lowest BCUT2D eigenvalue weighted by Crippen LogP contribution is -1.97. The topological polar surface area (TPSA) is 89.3 Å². The number of nitrogens with zero attached hydrogens (tertiary/aromatic N) is 5. The van der Waals surface area contributed by atoms with Gasteiger partial charge in [0.05, 0.1) is 5.69 Å². The fourth-order valence-corrected chi connectivity index (χ4v) is 2.34. The highest BCUT2D eigenvalue weighted by Crippen LogP contribution is 2.28. The van der Waals surface area contributed by atoms with Crippen LogP contribution in [0.25, 0.3) is 5.69 Å². The maximum atomic E-state index is 8.44. The molecule has 1 N–H and O–H groups in total. The molecule has 8 heteroatoms. The third-order valence-corrected chi connectivity index (χ3v) is 3.28. The molecule has 0 fully saturated rings. The Morgan fingerprint density at radius 2 is 2.05 bits per heavy atom. The minimum atomic E-state index is 0.453. The summed E-state index contributed by atoms with van der Waals surface area (Å²) in [6.07, 6.45) is 1.21. The van der Waals surface area contributed by atoms with Crippen LogP contribution in [-0.4, -0.2) is 31.6 Å². The molecule has 3 aromatic rings. The zero-order valence-electron chi connectivity index (χ0n) is 10.1. The Kier molecular flexibility index (Phi) is 3.46. The average Bonchev–Trinajstić information content (AvgIpc) is 3.10. The molecule has 20 heavy (non-hydrogen) atoms. The monoisotopic (exact) mass is 287 g/mol. The Hall–Kier alpha value is -2.61. The summed E-state index contributed by atoms with van der Waals surface area (Å²) >= 11 is 1.28. The molecule has 7 nitrogen and oxygen atoms in total. The van der Waals surface area contributed by atoms with Crippen LogP contribution in [0.2, 0.25) is 0 Å². The molecule has 0 unspecified atom stereocenters. The van der Waals surface area contributed by atoms with Crippen molar-refractivity contribution in [3.63, 3.8) is 0 Å². The number of oxime groups is 1. The van der Waals surface area contributed by atoms with E-state index in [1.54, 1.807) is 16.8 Å². The number of furan rings is 1. The summed E-state index contributed by atoms with van der Waals surface area (Å²) in [4.78, 5) is 0. The van der Waals surface area contributed by atoms with Crippen molar-refractivity contribution in [3.8, 4) is 5.69 Å². The molecule has 0 aliphatic heterocycles. The van der Waals surface area contributed by atoms with Crippen LogP contribution in [0.3, 0.4) is 0 Å². The molecule has 3 rings (SSSR count). The van der Waals surface area contributed by atoms with E-state index in [0.29, 0.717) is 16.0 Å². The summed E-state index contributed by atoms with van der Waals surface area (Å²) in [7, 11) is 0. The van der Waals surface area contributed by atoms with Crippen molar-refractivity contribution in [2.75, 3.05) is 0 Å². The number of hydrogen-bond donors (Lipinski definition) is 1. The van der Waals surface area contributed by atoms with E-state index >= 15 is 0 Å². The van der Waals surface area contributed by atoms with Gasteiger partial charge in [0.25, 0.3) is 0 Å². The molecule has 0 saturated heterocycles. The third kappa shape index (κ3) is 2.54. The highest BCUT2D eigenvalue weighted by atomic mass is 32.2. The van der Waals surface area contributed by atoms with E-state index in [0.717, 1.165) is 5.69 Å². The van der Waals surface area contributed by atoms with Gasteiger partial charge in [0, 0.05) is 0 Å². The average molecular weight is 287 g/mol. The summed E-state index contributed by atoms with van der Waals surface area (Å²) in [5.41, 5.74) is 0.865. The predicted molar refractivity (Wildman–Crippen MR) is 71.4 cm³/mol. The molecule has 0 bridgehead atoms. The molecule has 0 amide bonds. The number of tetrazole rings is 1. The van der Waals surface area contributed by atoms with Gasteiger partial charge >= 0.3 is 0 Å². The lowest BCUT2D eigenvalue weighted by Gasteiger charge is -2.01. The fourth-order valence-electron chi connectivity index (χ4n) is 1.58. The smallest absolute Gasteiger partial charge is 0.221 e. The Bertz CT molecular complexity index is 722. The molecule has 0 radical (unpaired) electrons. The molecule has 0 spiro atoms. The Morgan fingerprint density at radius 3 is 2.85 bits per heavy atom. The van der Waals surface area contributed by atoms with Gasteiger partial charge in [0.15, 0.2) is 5.09 Å². The minimum absolute atomic E-state index is 0.453. The summed E-state index contributed by atoms with van der Waals surface area (Å²) in [6, 6.07) is 13.0. The Morgan fingerprint density at radius 1 is 1.20 bits per heavy atom. The standard InChI is InChI=1S/C12H9N5O2S/c18-13-8-10-6-7-11(19-10)20-12-14-15-16-17(12)9-4-2-1-3-5-9/h1-8,18H. The maximum Gasteiger partial charge on any atom is 0.221 e. The molecule has 2 heterocycles. The Balaban J connectivity index is 1.86. The molecule has 2 aromatic heterocycles. The van der Waals surface area contributed by atoms with Gasteiger partial charge in [0.2, 0.25) is 5.16 Å². The normalized spacial score (nSPS) is 11.2. The lowest BCUT2D eigenvalue weighted by molar-refractivity contribution is 0.320. The molecule has 0 aliphatic carbocycles.